The number of nitrogens with one attached hydrogen (secondary N) is 1. The summed E-state index contributed by atoms with van der Waals surface area (Å²) in [6, 6.07) is 0. The van der Waals surface area contributed by atoms with E-state index in [-0.39, 0.29) is 0 Å². The Morgan fingerprint density at radius 1 is 1.70 bits per heavy atom. The second kappa shape index (κ2) is 3.78. The van der Waals surface area contributed by atoms with E-state index in [1.807, 2.05) is 12.2 Å². The summed E-state index contributed by atoms with van der Waals surface area (Å²) >= 11 is 8.73. The van der Waals surface area contributed by atoms with Crippen LogP contribution < -0.4 is 5.32 Å². The lowest BCUT2D eigenvalue weighted by molar-refractivity contribution is 0.901. The van der Waals surface area contributed by atoms with Crippen LogP contribution in [0.15, 0.2) is 23.9 Å². The van der Waals surface area contributed by atoms with E-state index in [1.165, 1.54) is 0 Å². The van der Waals surface area contributed by atoms with Crippen molar-refractivity contribution in [1.29, 1.82) is 0 Å². The molecule has 0 bridgehead atoms. The van der Waals surface area contributed by atoms with E-state index in [1.54, 1.807) is 0 Å². The quantitative estimate of drug-likeness (QED) is 0.462. The summed E-state index contributed by atoms with van der Waals surface area (Å²) in [4.78, 5) is 0. The molecule has 1 aliphatic rings. The Morgan fingerprint density at radius 3 is 3.00 bits per heavy atom. The zero-order chi connectivity index (χ0) is 7.40. The first kappa shape index (κ1) is 7.82. The highest BCUT2D eigenvalue weighted by atomic mass is 32.1. The average Bonchev–Trinajstić information content (AvgIpc) is 1.88. The zero-order valence-electron chi connectivity index (χ0n) is 5.50. The van der Waals surface area contributed by atoms with Gasteiger partial charge in [0, 0.05) is 5.70 Å². The van der Waals surface area contributed by atoms with Gasteiger partial charge in [0.1, 0.15) is 4.32 Å². The molecule has 1 rings (SSSR count). The number of thiocarbonyl (C=S) groups is 1. The summed E-state index contributed by atoms with van der Waals surface area (Å²) in [6.45, 7) is 0. The van der Waals surface area contributed by atoms with Crippen LogP contribution in [-0.2, 0) is 0 Å². The van der Waals surface area contributed by atoms with Crippen LogP contribution in [0.25, 0.3) is 0 Å². The highest BCUT2D eigenvalue weighted by molar-refractivity contribution is 8.11. The Labute approximate surface area is 71.6 Å². The first-order chi connectivity index (χ1) is 4.79. The van der Waals surface area contributed by atoms with Crippen LogP contribution >= 0.6 is 24.8 Å². The molecule has 0 fully saturated rings. The third-order valence-corrected chi connectivity index (χ3v) is 1.50. The van der Waals surface area contributed by atoms with Crippen molar-refractivity contribution < 1.29 is 0 Å². The van der Waals surface area contributed by atoms with Gasteiger partial charge in [-0.05, 0) is 18.9 Å². The van der Waals surface area contributed by atoms with E-state index >= 15 is 0 Å². The highest BCUT2D eigenvalue weighted by Crippen LogP contribution is 2.08. The van der Waals surface area contributed by atoms with Crippen LogP contribution in [-0.4, -0.2) is 4.32 Å². The van der Waals surface area contributed by atoms with Gasteiger partial charge in [-0.1, -0.05) is 24.4 Å². The molecule has 54 valence electrons. The van der Waals surface area contributed by atoms with Crippen LogP contribution in [0.3, 0.4) is 0 Å². The molecule has 0 radical (unpaired) electrons. The fourth-order valence-electron chi connectivity index (χ4n) is 0.844. The minimum absolute atomic E-state index is 0.543. The van der Waals surface area contributed by atoms with Crippen LogP contribution in [0.4, 0.5) is 0 Å². The molecule has 0 aromatic heterocycles. The number of thiol groups is 1. The molecule has 10 heavy (non-hydrogen) atoms. The summed E-state index contributed by atoms with van der Waals surface area (Å²) in [7, 11) is 0. The lowest BCUT2D eigenvalue weighted by atomic mass is 10.1. The van der Waals surface area contributed by atoms with Crippen molar-refractivity contribution in [3.8, 4) is 0 Å². The fourth-order valence-corrected chi connectivity index (χ4v) is 1.12. The summed E-state index contributed by atoms with van der Waals surface area (Å²) in [5.41, 5.74) is 1.16. The first-order valence-corrected chi connectivity index (χ1v) is 4.00. The molecule has 0 amide bonds. The van der Waals surface area contributed by atoms with Crippen molar-refractivity contribution in [3.63, 3.8) is 0 Å². The Balaban J connectivity index is 2.47. The Kier molecular flexibility index (Phi) is 2.96. The van der Waals surface area contributed by atoms with Gasteiger partial charge >= 0.3 is 0 Å². The maximum absolute atomic E-state index is 4.76. The van der Waals surface area contributed by atoms with Crippen molar-refractivity contribution in [3.05, 3.63) is 23.9 Å². The van der Waals surface area contributed by atoms with Crippen molar-refractivity contribution >= 4 is 29.2 Å². The van der Waals surface area contributed by atoms with Gasteiger partial charge in [-0.15, -0.1) is 12.6 Å². The molecule has 1 aliphatic carbocycles. The number of rotatable bonds is 1. The third kappa shape index (κ3) is 2.54. The standard InChI is InChI=1S/C7H9NS2/c9-7(10)8-6-4-2-1-3-5-6/h1-2,4H,3,5H2,(H2,8,9,10). The molecule has 3 heteroatoms. The van der Waals surface area contributed by atoms with Gasteiger partial charge in [0.15, 0.2) is 0 Å². The van der Waals surface area contributed by atoms with Gasteiger partial charge in [-0.3, -0.25) is 0 Å². The van der Waals surface area contributed by atoms with Gasteiger partial charge in [0.05, 0.1) is 0 Å². The lowest BCUT2D eigenvalue weighted by Gasteiger charge is -2.09. The normalized spacial score (nSPS) is 16.3. The largest absolute Gasteiger partial charge is 0.345 e. The van der Waals surface area contributed by atoms with Crippen LogP contribution in [0, 0.1) is 0 Å². The third-order valence-electron chi connectivity index (χ3n) is 1.28. The number of hydrogen-bond donors (Lipinski definition) is 2. The molecule has 0 aromatic carbocycles. The topological polar surface area (TPSA) is 12.0 Å². The summed E-state index contributed by atoms with van der Waals surface area (Å²) in [6.07, 6.45) is 8.31. The van der Waals surface area contributed by atoms with Gasteiger partial charge in [0.2, 0.25) is 0 Å². The second-order valence-electron chi connectivity index (χ2n) is 2.09. The lowest BCUT2D eigenvalue weighted by Crippen LogP contribution is -2.15. The number of hydrogen-bond acceptors (Lipinski definition) is 1. The van der Waals surface area contributed by atoms with Crippen molar-refractivity contribution in [2.24, 2.45) is 0 Å². The number of allylic oxidation sites excluding steroid dienone is 4. The van der Waals surface area contributed by atoms with E-state index in [4.69, 9.17) is 12.2 Å². The molecule has 0 heterocycles. The first-order valence-electron chi connectivity index (χ1n) is 3.14. The predicted octanol–water partition coefficient (Wildman–Crippen LogP) is 2.02. The van der Waals surface area contributed by atoms with Crippen LogP contribution in [0.1, 0.15) is 12.8 Å². The molecule has 0 saturated heterocycles. The summed E-state index contributed by atoms with van der Waals surface area (Å²) in [5, 5.41) is 2.99. The van der Waals surface area contributed by atoms with Crippen LogP contribution in [0.2, 0.25) is 0 Å². The fraction of sp³-hybridized carbons (Fsp3) is 0.286. The van der Waals surface area contributed by atoms with E-state index in [2.05, 4.69) is 24.0 Å². The molecule has 1 N–H and O–H groups in total. The molecule has 0 unspecified atom stereocenters. The van der Waals surface area contributed by atoms with E-state index < -0.39 is 0 Å². The minimum atomic E-state index is 0.543. The molecular weight excluding hydrogens is 162 g/mol. The summed E-state index contributed by atoms with van der Waals surface area (Å²) < 4.78 is 0.543. The molecule has 0 spiro atoms. The van der Waals surface area contributed by atoms with Gasteiger partial charge < -0.3 is 5.32 Å². The Morgan fingerprint density at radius 2 is 2.50 bits per heavy atom. The summed E-state index contributed by atoms with van der Waals surface area (Å²) in [5.74, 6) is 0. The van der Waals surface area contributed by atoms with Crippen LogP contribution in [0.5, 0.6) is 0 Å². The monoisotopic (exact) mass is 171 g/mol. The molecule has 0 aliphatic heterocycles. The van der Waals surface area contributed by atoms with Crippen molar-refractivity contribution in [1.82, 2.24) is 5.32 Å². The smallest absolute Gasteiger partial charge is 0.134 e. The highest BCUT2D eigenvalue weighted by Gasteiger charge is 1.97. The minimum Gasteiger partial charge on any atom is -0.345 e. The average molecular weight is 171 g/mol. The molecule has 1 nitrogen and oxygen atoms in total. The van der Waals surface area contributed by atoms with Gasteiger partial charge in [0.25, 0.3) is 0 Å². The van der Waals surface area contributed by atoms with Gasteiger partial charge in [-0.2, -0.15) is 0 Å². The Hall–Kier alpha value is -0.280. The van der Waals surface area contributed by atoms with Crippen molar-refractivity contribution in [2.45, 2.75) is 12.8 Å². The maximum atomic E-state index is 4.76. The van der Waals surface area contributed by atoms with Crippen molar-refractivity contribution in [2.75, 3.05) is 0 Å². The van der Waals surface area contributed by atoms with E-state index in [9.17, 15) is 0 Å². The van der Waals surface area contributed by atoms with E-state index in [0.29, 0.717) is 4.32 Å². The second-order valence-corrected chi connectivity index (χ2v) is 3.25. The molecule has 0 atom stereocenters. The van der Waals surface area contributed by atoms with E-state index in [0.717, 1.165) is 18.5 Å². The molecule has 0 saturated carbocycles. The van der Waals surface area contributed by atoms with Gasteiger partial charge in [-0.25, -0.2) is 0 Å². The zero-order valence-corrected chi connectivity index (χ0v) is 7.21. The maximum Gasteiger partial charge on any atom is 0.134 e. The Bertz CT molecular complexity index is 194. The molecular formula is C7H9NS2. The SMILES string of the molecule is S=C(S)NC1=CC=CCC1. The molecule has 0 aromatic rings. The predicted molar refractivity (Wildman–Crippen MR) is 51.2 cm³/mol.